The molecule has 1 saturated heterocycles. The summed E-state index contributed by atoms with van der Waals surface area (Å²) < 4.78 is 0. The van der Waals surface area contributed by atoms with Crippen molar-refractivity contribution < 1.29 is 5.32 Å². The molecule has 0 radical (unpaired) electrons. The molecule has 1 fully saturated rings. The number of rotatable bonds is 3. The van der Waals surface area contributed by atoms with Gasteiger partial charge in [-0.05, 0) is 18.2 Å². The molecule has 1 heterocycles. The standard InChI is InChI=1S/C11H14Cl2N2/c12-8-3-4-10(13)11(6-8)15-7-9-2-1-5-14-9/h3-4,6,9,14-15H,1-2,5,7H2/p+1/t9-/m1/s1. The third-order valence-electron chi connectivity index (χ3n) is 2.76. The lowest BCUT2D eigenvalue weighted by Crippen LogP contribution is -2.87. The molecule has 0 spiro atoms. The van der Waals surface area contributed by atoms with Crippen molar-refractivity contribution in [3.05, 3.63) is 28.2 Å². The fourth-order valence-corrected chi connectivity index (χ4v) is 2.27. The molecule has 15 heavy (non-hydrogen) atoms. The maximum absolute atomic E-state index is 6.05. The van der Waals surface area contributed by atoms with Gasteiger partial charge in [0.1, 0.15) is 6.04 Å². The first-order chi connectivity index (χ1) is 7.25. The van der Waals surface area contributed by atoms with Crippen LogP contribution in [0.2, 0.25) is 10.0 Å². The second-order valence-electron chi connectivity index (χ2n) is 3.93. The Morgan fingerprint density at radius 3 is 3.00 bits per heavy atom. The fraction of sp³-hybridized carbons (Fsp3) is 0.455. The Labute approximate surface area is 100.0 Å². The molecule has 2 rings (SSSR count). The van der Waals surface area contributed by atoms with Crippen molar-refractivity contribution in [3.63, 3.8) is 0 Å². The van der Waals surface area contributed by atoms with Crippen LogP contribution in [0.4, 0.5) is 5.69 Å². The molecular formula is C11H15Cl2N2+. The lowest BCUT2D eigenvalue weighted by molar-refractivity contribution is -0.666. The van der Waals surface area contributed by atoms with E-state index in [1.807, 2.05) is 12.1 Å². The van der Waals surface area contributed by atoms with Gasteiger partial charge in [0.25, 0.3) is 0 Å². The molecule has 1 aromatic carbocycles. The smallest absolute Gasteiger partial charge is 0.104 e. The summed E-state index contributed by atoms with van der Waals surface area (Å²) in [6.07, 6.45) is 2.60. The van der Waals surface area contributed by atoms with Gasteiger partial charge in [-0.3, -0.25) is 0 Å². The van der Waals surface area contributed by atoms with Crippen LogP contribution in [0, 0.1) is 0 Å². The van der Waals surface area contributed by atoms with Gasteiger partial charge in [0, 0.05) is 17.9 Å². The molecule has 0 amide bonds. The van der Waals surface area contributed by atoms with Crippen LogP contribution in [0.5, 0.6) is 0 Å². The topological polar surface area (TPSA) is 28.6 Å². The van der Waals surface area contributed by atoms with E-state index in [0.717, 1.165) is 22.3 Å². The Morgan fingerprint density at radius 2 is 2.27 bits per heavy atom. The van der Waals surface area contributed by atoms with E-state index < -0.39 is 0 Å². The van der Waals surface area contributed by atoms with Gasteiger partial charge >= 0.3 is 0 Å². The van der Waals surface area contributed by atoms with Crippen LogP contribution in [-0.4, -0.2) is 19.1 Å². The van der Waals surface area contributed by atoms with E-state index in [1.54, 1.807) is 6.07 Å². The van der Waals surface area contributed by atoms with Crippen molar-refractivity contribution in [1.29, 1.82) is 0 Å². The summed E-state index contributed by atoms with van der Waals surface area (Å²) in [6, 6.07) is 6.18. The average Bonchev–Trinajstić information content (AvgIpc) is 2.72. The normalized spacial score (nSPS) is 20.5. The lowest BCUT2D eigenvalue weighted by atomic mass is 10.2. The quantitative estimate of drug-likeness (QED) is 0.840. The summed E-state index contributed by atoms with van der Waals surface area (Å²) in [5, 5.41) is 7.18. The summed E-state index contributed by atoms with van der Waals surface area (Å²) in [5.41, 5.74) is 0.935. The summed E-state index contributed by atoms with van der Waals surface area (Å²) in [5.74, 6) is 0. The highest BCUT2D eigenvalue weighted by Gasteiger charge is 2.17. The number of quaternary nitrogens is 1. The maximum atomic E-state index is 6.05. The highest BCUT2D eigenvalue weighted by molar-refractivity contribution is 6.35. The predicted molar refractivity (Wildman–Crippen MR) is 64.8 cm³/mol. The molecule has 1 aliphatic rings. The first kappa shape index (κ1) is 11.1. The van der Waals surface area contributed by atoms with Gasteiger partial charge in [0.2, 0.25) is 0 Å². The van der Waals surface area contributed by atoms with Crippen LogP contribution in [0.15, 0.2) is 18.2 Å². The van der Waals surface area contributed by atoms with E-state index in [0.29, 0.717) is 6.04 Å². The third kappa shape index (κ3) is 3.00. The van der Waals surface area contributed by atoms with E-state index in [4.69, 9.17) is 23.2 Å². The van der Waals surface area contributed by atoms with Crippen molar-refractivity contribution >= 4 is 28.9 Å². The minimum atomic E-state index is 0.681. The van der Waals surface area contributed by atoms with Crippen molar-refractivity contribution in [2.24, 2.45) is 0 Å². The van der Waals surface area contributed by atoms with Gasteiger partial charge in [0.15, 0.2) is 0 Å². The Morgan fingerprint density at radius 1 is 1.40 bits per heavy atom. The Kier molecular flexibility index (Phi) is 3.73. The summed E-state index contributed by atoms with van der Waals surface area (Å²) in [7, 11) is 0. The molecule has 0 aromatic heterocycles. The Bertz CT molecular complexity index is 335. The van der Waals surface area contributed by atoms with E-state index in [2.05, 4.69) is 10.6 Å². The van der Waals surface area contributed by atoms with Gasteiger partial charge in [-0.2, -0.15) is 0 Å². The van der Waals surface area contributed by atoms with Crippen LogP contribution in [0.25, 0.3) is 0 Å². The number of benzene rings is 1. The van der Waals surface area contributed by atoms with E-state index >= 15 is 0 Å². The zero-order chi connectivity index (χ0) is 10.7. The van der Waals surface area contributed by atoms with E-state index in [-0.39, 0.29) is 0 Å². The second kappa shape index (κ2) is 5.06. The fourth-order valence-electron chi connectivity index (χ4n) is 1.91. The monoisotopic (exact) mass is 245 g/mol. The highest BCUT2D eigenvalue weighted by Crippen LogP contribution is 2.25. The maximum Gasteiger partial charge on any atom is 0.104 e. The van der Waals surface area contributed by atoms with Crippen molar-refractivity contribution in [2.45, 2.75) is 18.9 Å². The number of nitrogens with one attached hydrogen (secondary N) is 1. The van der Waals surface area contributed by atoms with Crippen molar-refractivity contribution in [3.8, 4) is 0 Å². The van der Waals surface area contributed by atoms with Crippen LogP contribution >= 0.6 is 23.2 Å². The van der Waals surface area contributed by atoms with Gasteiger partial charge in [-0.25, -0.2) is 0 Å². The first-order valence-electron chi connectivity index (χ1n) is 5.28. The molecule has 2 nitrogen and oxygen atoms in total. The Hall–Kier alpha value is -0.440. The molecule has 0 bridgehead atoms. The van der Waals surface area contributed by atoms with E-state index in [9.17, 15) is 0 Å². The molecule has 82 valence electrons. The lowest BCUT2D eigenvalue weighted by Gasteiger charge is -2.11. The molecule has 3 N–H and O–H groups in total. The van der Waals surface area contributed by atoms with Gasteiger partial charge < -0.3 is 10.6 Å². The molecule has 1 aromatic rings. The van der Waals surface area contributed by atoms with Gasteiger partial charge in [0.05, 0.1) is 23.8 Å². The molecule has 0 saturated carbocycles. The third-order valence-corrected chi connectivity index (χ3v) is 3.33. The summed E-state index contributed by atoms with van der Waals surface area (Å²) in [6.45, 7) is 2.20. The van der Waals surface area contributed by atoms with Gasteiger partial charge in [-0.1, -0.05) is 23.2 Å². The second-order valence-corrected chi connectivity index (χ2v) is 4.78. The van der Waals surface area contributed by atoms with Crippen molar-refractivity contribution in [1.82, 2.24) is 0 Å². The zero-order valence-corrected chi connectivity index (χ0v) is 9.98. The average molecular weight is 246 g/mol. The largest absolute Gasteiger partial charge is 0.378 e. The number of hydrogen-bond donors (Lipinski definition) is 2. The van der Waals surface area contributed by atoms with Crippen LogP contribution in [0.1, 0.15) is 12.8 Å². The number of halogens is 2. The van der Waals surface area contributed by atoms with Crippen LogP contribution in [0.3, 0.4) is 0 Å². The molecule has 0 aliphatic carbocycles. The van der Waals surface area contributed by atoms with Crippen LogP contribution in [-0.2, 0) is 0 Å². The minimum absolute atomic E-state index is 0.681. The first-order valence-corrected chi connectivity index (χ1v) is 6.03. The van der Waals surface area contributed by atoms with Gasteiger partial charge in [-0.15, -0.1) is 0 Å². The zero-order valence-electron chi connectivity index (χ0n) is 8.47. The SMILES string of the molecule is Clc1ccc(Cl)c(NC[C@H]2CCC[NH2+]2)c1. The van der Waals surface area contributed by atoms with E-state index in [1.165, 1.54) is 19.4 Å². The molecule has 1 atom stereocenters. The molecule has 4 heteroatoms. The van der Waals surface area contributed by atoms with Crippen molar-refractivity contribution in [2.75, 3.05) is 18.4 Å². The summed E-state index contributed by atoms with van der Waals surface area (Å²) in [4.78, 5) is 0. The molecule has 0 unspecified atom stereocenters. The summed E-state index contributed by atoms with van der Waals surface area (Å²) >= 11 is 12.0. The Balaban J connectivity index is 1.94. The number of nitrogens with two attached hydrogens (primary N) is 1. The minimum Gasteiger partial charge on any atom is -0.378 e. The molecular weight excluding hydrogens is 231 g/mol. The molecule has 1 aliphatic heterocycles. The number of hydrogen-bond acceptors (Lipinski definition) is 1. The predicted octanol–water partition coefficient (Wildman–Crippen LogP) is 2.13. The van der Waals surface area contributed by atoms with Crippen LogP contribution < -0.4 is 10.6 Å². The number of anilines is 1. The highest BCUT2D eigenvalue weighted by atomic mass is 35.5.